The number of esters is 1. The summed E-state index contributed by atoms with van der Waals surface area (Å²) in [6.45, 7) is 0. The van der Waals surface area contributed by atoms with Crippen molar-refractivity contribution in [3.05, 3.63) is 28.2 Å². The predicted octanol–water partition coefficient (Wildman–Crippen LogP) is 3.13. The second-order valence-corrected chi connectivity index (χ2v) is 6.88. The number of benzene rings is 1. The summed E-state index contributed by atoms with van der Waals surface area (Å²) in [4.78, 5) is 24.5. The van der Waals surface area contributed by atoms with Crippen molar-refractivity contribution in [2.75, 3.05) is 5.32 Å². The molecule has 4 nitrogen and oxygen atoms in total. The summed E-state index contributed by atoms with van der Waals surface area (Å²) < 4.78 is 5.35. The lowest BCUT2D eigenvalue weighted by atomic mass is 9.79. The first kappa shape index (κ1) is 13.4. The highest BCUT2D eigenvalue weighted by atomic mass is 35.5. The molecular weight excluding hydrogens is 313 g/mol. The molecule has 4 rings (SSSR count). The Hall–Kier alpha value is -1.26. The highest BCUT2D eigenvalue weighted by Crippen LogP contribution is 2.57. The summed E-state index contributed by atoms with van der Waals surface area (Å²) in [5.74, 6) is -0.476. The number of rotatable bonds is 2. The number of carbonyl (C=O) groups excluding carboxylic acids is 2. The fraction of sp³-hybridized carbons (Fsp3) is 0.467. The zero-order valence-electron chi connectivity index (χ0n) is 11.0. The van der Waals surface area contributed by atoms with Gasteiger partial charge in [-0.15, -0.1) is 0 Å². The second-order valence-electron chi connectivity index (χ2n) is 6.04. The Morgan fingerprint density at radius 3 is 2.86 bits per heavy atom. The molecule has 3 fully saturated rings. The Kier molecular flexibility index (Phi) is 2.95. The molecule has 0 radical (unpaired) electrons. The van der Waals surface area contributed by atoms with Gasteiger partial charge in [-0.2, -0.15) is 0 Å². The van der Waals surface area contributed by atoms with E-state index in [1.807, 2.05) is 0 Å². The maximum atomic E-state index is 12.6. The van der Waals surface area contributed by atoms with E-state index in [-0.39, 0.29) is 41.7 Å². The van der Waals surface area contributed by atoms with Crippen LogP contribution >= 0.6 is 23.2 Å². The zero-order valence-corrected chi connectivity index (χ0v) is 12.5. The molecule has 6 heteroatoms. The molecule has 1 N–H and O–H groups in total. The molecule has 0 spiro atoms. The molecule has 1 aliphatic heterocycles. The number of amides is 1. The molecule has 2 bridgehead atoms. The van der Waals surface area contributed by atoms with Crippen LogP contribution in [0.25, 0.3) is 0 Å². The van der Waals surface area contributed by atoms with Crippen molar-refractivity contribution in [3.8, 4) is 0 Å². The summed E-state index contributed by atoms with van der Waals surface area (Å²) in [5, 5.41) is 3.74. The van der Waals surface area contributed by atoms with E-state index in [0.29, 0.717) is 15.7 Å². The third kappa shape index (κ3) is 1.96. The Morgan fingerprint density at radius 2 is 2.10 bits per heavy atom. The molecule has 2 aliphatic carbocycles. The Bertz CT molecular complexity index is 646. The smallest absolute Gasteiger partial charge is 0.310 e. The van der Waals surface area contributed by atoms with Crippen LogP contribution in [0, 0.1) is 23.7 Å². The molecule has 1 aromatic carbocycles. The maximum absolute atomic E-state index is 12.6. The topological polar surface area (TPSA) is 55.4 Å². The minimum Gasteiger partial charge on any atom is -0.462 e. The van der Waals surface area contributed by atoms with Crippen LogP contribution in [0.3, 0.4) is 0 Å². The first-order valence-corrected chi connectivity index (χ1v) is 7.76. The number of halogens is 2. The molecule has 21 heavy (non-hydrogen) atoms. The molecule has 1 aromatic rings. The number of hydrogen-bond donors (Lipinski definition) is 1. The molecular formula is C15H13Cl2NO3. The first-order valence-electron chi connectivity index (χ1n) is 7.01. The van der Waals surface area contributed by atoms with E-state index in [1.54, 1.807) is 18.2 Å². The molecule has 110 valence electrons. The van der Waals surface area contributed by atoms with Crippen LogP contribution < -0.4 is 5.32 Å². The van der Waals surface area contributed by atoms with Crippen LogP contribution in [-0.2, 0) is 14.3 Å². The van der Waals surface area contributed by atoms with Gasteiger partial charge in [-0.1, -0.05) is 23.2 Å². The minimum absolute atomic E-state index is 0.0377. The van der Waals surface area contributed by atoms with Crippen molar-refractivity contribution < 1.29 is 14.3 Å². The largest absolute Gasteiger partial charge is 0.462 e. The standard InChI is InChI=1S/C15H13Cl2NO3/c16-7-1-2-10(9(17)5-7)18-14(19)12-6-3-8-11(4-6)21-15(20)13(8)12/h1-2,5-6,8,11-13H,3-4H2,(H,18,19)/t6-,8-,11+,12+,13-/m0/s1. The Morgan fingerprint density at radius 1 is 1.29 bits per heavy atom. The number of anilines is 1. The van der Waals surface area contributed by atoms with E-state index in [9.17, 15) is 9.59 Å². The third-order valence-electron chi connectivity index (χ3n) is 4.97. The van der Waals surface area contributed by atoms with Crippen LogP contribution in [0.15, 0.2) is 18.2 Å². The summed E-state index contributed by atoms with van der Waals surface area (Å²) in [7, 11) is 0. The second kappa shape index (κ2) is 4.62. The molecule has 3 aliphatic rings. The minimum atomic E-state index is -0.298. The van der Waals surface area contributed by atoms with Gasteiger partial charge in [-0.25, -0.2) is 0 Å². The van der Waals surface area contributed by atoms with Crippen molar-refractivity contribution >= 4 is 40.8 Å². The average Bonchev–Trinajstić information content (AvgIpc) is 3.02. The van der Waals surface area contributed by atoms with E-state index < -0.39 is 0 Å². The van der Waals surface area contributed by atoms with Gasteiger partial charge >= 0.3 is 5.97 Å². The van der Waals surface area contributed by atoms with E-state index in [2.05, 4.69) is 5.32 Å². The fourth-order valence-electron chi connectivity index (χ4n) is 4.17. The summed E-state index contributed by atoms with van der Waals surface area (Å²) in [5.41, 5.74) is 0.525. The Labute approximate surface area is 131 Å². The molecule has 5 atom stereocenters. The maximum Gasteiger partial charge on any atom is 0.310 e. The monoisotopic (exact) mass is 325 g/mol. The van der Waals surface area contributed by atoms with E-state index in [1.165, 1.54) is 0 Å². The summed E-state index contributed by atoms with van der Waals surface area (Å²) >= 11 is 11.9. The fourth-order valence-corrected chi connectivity index (χ4v) is 4.63. The zero-order chi connectivity index (χ0) is 14.7. The van der Waals surface area contributed by atoms with Gasteiger partial charge in [0.15, 0.2) is 0 Å². The van der Waals surface area contributed by atoms with Crippen molar-refractivity contribution in [1.29, 1.82) is 0 Å². The first-order chi connectivity index (χ1) is 10.0. The van der Waals surface area contributed by atoms with Gasteiger partial charge in [-0.05, 0) is 37.0 Å². The van der Waals surface area contributed by atoms with Crippen LogP contribution in [0.5, 0.6) is 0 Å². The lowest BCUT2D eigenvalue weighted by molar-refractivity contribution is -0.145. The highest BCUT2D eigenvalue weighted by molar-refractivity contribution is 6.36. The van der Waals surface area contributed by atoms with E-state index >= 15 is 0 Å². The SMILES string of the molecule is O=C(Nc1ccc(Cl)cc1Cl)[C@@H]1[C@H]2C[C@@H]3[C@@H]1C(=O)O[C@@H]3C2. The summed E-state index contributed by atoms with van der Waals surface area (Å²) in [6.07, 6.45) is 1.75. The number of nitrogens with one attached hydrogen (secondary N) is 1. The number of hydrogen-bond acceptors (Lipinski definition) is 3. The van der Waals surface area contributed by atoms with Gasteiger partial charge in [0.1, 0.15) is 6.10 Å². The van der Waals surface area contributed by atoms with Gasteiger partial charge in [0.2, 0.25) is 5.91 Å². The van der Waals surface area contributed by atoms with Crippen LogP contribution in [-0.4, -0.2) is 18.0 Å². The Balaban J connectivity index is 1.57. The van der Waals surface area contributed by atoms with E-state index in [4.69, 9.17) is 27.9 Å². The molecule has 1 heterocycles. The number of carbonyl (C=O) groups is 2. The van der Waals surface area contributed by atoms with Gasteiger partial charge in [0, 0.05) is 10.9 Å². The highest BCUT2D eigenvalue weighted by Gasteiger charge is 2.63. The van der Waals surface area contributed by atoms with Crippen LogP contribution in [0.4, 0.5) is 5.69 Å². The van der Waals surface area contributed by atoms with Gasteiger partial charge in [-0.3, -0.25) is 9.59 Å². The van der Waals surface area contributed by atoms with Crippen molar-refractivity contribution in [1.82, 2.24) is 0 Å². The van der Waals surface area contributed by atoms with Crippen molar-refractivity contribution in [2.24, 2.45) is 23.7 Å². The van der Waals surface area contributed by atoms with Gasteiger partial charge < -0.3 is 10.1 Å². The molecule has 1 amide bonds. The van der Waals surface area contributed by atoms with Gasteiger partial charge in [0.05, 0.1) is 22.5 Å². The van der Waals surface area contributed by atoms with Crippen molar-refractivity contribution in [2.45, 2.75) is 18.9 Å². The van der Waals surface area contributed by atoms with Crippen LogP contribution in [0.2, 0.25) is 10.0 Å². The van der Waals surface area contributed by atoms with Gasteiger partial charge in [0.25, 0.3) is 0 Å². The quantitative estimate of drug-likeness (QED) is 0.850. The summed E-state index contributed by atoms with van der Waals surface area (Å²) in [6, 6.07) is 4.93. The average molecular weight is 326 g/mol. The van der Waals surface area contributed by atoms with E-state index in [0.717, 1.165) is 12.8 Å². The molecule has 2 saturated carbocycles. The molecule has 0 aromatic heterocycles. The number of fused-ring (bicyclic) bond motifs is 1. The van der Waals surface area contributed by atoms with Crippen LogP contribution in [0.1, 0.15) is 12.8 Å². The predicted molar refractivity (Wildman–Crippen MR) is 78.2 cm³/mol. The number of ether oxygens (including phenoxy) is 1. The lowest BCUT2D eigenvalue weighted by Gasteiger charge is -2.23. The molecule has 1 saturated heterocycles. The lowest BCUT2D eigenvalue weighted by Crippen LogP contribution is -2.35. The third-order valence-corrected chi connectivity index (χ3v) is 5.52. The van der Waals surface area contributed by atoms with Crippen molar-refractivity contribution in [3.63, 3.8) is 0 Å². The normalized spacial score (nSPS) is 35.9. The molecule has 0 unspecified atom stereocenters.